The van der Waals surface area contributed by atoms with Crippen molar-refractivity contribution in [3.05, 3.63) is 66.6 Å². The third-order valence-corrected chi connectivity index (χ3v) is 8.15. The lowest BCUT2D eigenvalue weighted by Crippen LogP contribution is -2.48. The Bertz CT molecular complexity index is 1790. The van der Waals surface area contributed by atoms with Gasteiger partial charge in [-0.1, -0.05) is 6.07 Å². The Kier molecular flexibility index (Phi) is 8.16. The summed E-state index contributed by atoms with van der Waals surface area (Å²) in [6, 6.07) is 9.28. The zero-order valence-electron chi connectivity index (χ0n) is 24.0. The zero-order valence-corrected chi connectivity index (χ0v) is 24.8. The quantitative estimate of drug-likeness (QED) is 0.321. The van der Waals surface area contributed by atoms with Crippen LogP contribution in [0.2, 0.25) is 0 Å². The highest BCUT2D eigenvalue weighted by Gasteiger charge is 2.29. The Hall–Kier alpha value is -4.43. The predicted octanol–water partition coefficient (Wildman–Crippen LogP) is 4.41. The van der Waals surface area contributed by atoms with Crippen molar-refractivity contribution >= 4 is 38.4 Å². The fraction of sp³-hybridized carbons (Fsp3) is 0.310. The van der Waals surface area contributed by atoms with Crippen molar-refractivity contribution in [2.45, 2.75) is 25.7 Å². The Morgan fingerprint density at radius 3 is 2.37 bits per heavy atom. The highest BCUT2D eigenvalue weighted by molar-refractivity contribution is 7.92. The number of pyridine rings is 1. The van der Waals surface area contributed by atoms with E-state index in [1.165, 1.54) is 25.7 Å². The Morgan fingerprint density at radius 2 is 1.70 bits per heavy atom. The molecule has 11 nitrogen and oxygen atoms in total. The number of fused-ring (bicyclic) bond motifs is 1. The number of sulfonamides is 1. The molecule has 1 N–H and O–H groups in total. The van der Waals surface area contributed by atoms with E-state index in [-0.39, 0.29) is 16.7 Å². The number of methoxy groups -OCH3 is 1. The van der Waals surface area contributed by atoms with Crippen LogP contribution in [-0.4, -0.2) is 67.7 Å². The van der Waals surface area contributed by atoms with Gasteiger partial charge < -0.3 is 14.5 Å². The number of ether oxygens (including phenoxy) is 1. The number of benzene rings is 2. The largest absolute Gasteiger partial charge is 0.480 e. The van der Waals surface area contributed by atoms with Crippen LogP contribution >= 0.6 is 0 Å². The highest BCUT2D eigenvalue weighted by Crippen LogP contribution is 2.33. The maximum atomic E-state index is 14.2. The van der Waals surface area contributed by atoms with Gasteiger partial charge in [-0.3, -0.25) is 4.72 Å². The van der Waals surface area contributed by atoms with Crippen LogP contribution in [0.4, 0.5) is 20.3 Å². The van der Waals surface area contributed by atoms with Gasteiger partial charge >= 0.3 is 5.97 Å². The molecular formula is C29H30F2N6O5S. The normalized spacial score (nSPS) is 14.5. The van der Waals surface area contributed by atoms with Crippen LogP contribution < -0.4 is 14.4 Å². The van der Waals surface area contributed by atoms with Crippen molar-refractivity contribution in [3.8, 4) is 17.0 Å². The van der Waals surface area contributed by atoms with Crippen LogP contribution in [0.1, 0.15) is 20.8 Å². The first-order chi connectivity index (χ1) is 20.4. The second kappa shape index (κ2) is 11.7. The van der Waals surface area contributed by atoms with E-state index < -0.39 is 32.8 Å². The van der Waals surface area contributed by atoms with E-state index in [4.69, 9.17) is 9.57 Å². The summed E-state index contributed by atoms with van der Waals surface area (Å²) in [6.07, 6.45) is 2.94. The molecular weight excluding hydrogens is 582 g/mol. The molecule has 1 aliphatic heterocycles. The van der Waals surface area contributed by atoms with Crippen molar-refractivity contribution in [2.24, 2.45) is 5.41 Å². The second-order valence-electron chi connectivity index (χ2n) is 10.9. The van der Waals surface area contributed by atoms with Gasteiger partial charge in [0.15, 0.2) is 0 Å². The molecule has 0 bridgehead atoms. The standard InChI is InChI=1S/C29H30F2N6O5S/c1-29(2,3)28(38)42-37-11-9-36(10-12-37)26-21-13-18(5-7-23(21)33-17-34-26)19-14-25(27(41-4)32-16-19)43(39,40)35-24-8-6-20(30)15-22(24)31/h5-8,13-17,35H,9-12H2,1-4H3. The van der Waals surface area contributed by atoms with Crippen molar-refractivity contribution in [2.75, 3.05) is 42.9 Å². The van der Waals surface area contributed by atoms with Crippen LogP contribution in [0, 0.1) is 17.0 Å². The molecule has 226 valence electrons. The number of hydroxylamine groups is 2. The molecule has 0 radical (unpaired) electrons. The fourth-order valence-electron chi connectivity index (χ4n) is 4.43. The number of rotatable bonds is 7. The van der Waals surface area contributed by atoms with Crippen LogP contribution in [0.25, 0.3) is 22.0 Å². The molecule has 0 aliphatic carbocycles. The minimum absolute atomic E-state index is 0.200. The first kappa shape index (κ1) is 30.0. The van der Waals surface area contributed by atoms with E-state index in [9.17, 15) is 22.0 Å². The molecule has 1 saturated heterocycles. The third kappa shape index (κ3) is 6.49. The van der Waals surface area contributed by atoms with E-state index in [2.05, 4.69) is 24.6 Å². The molecule has 3 heterocycles. The van der Waals surface area contributed by atoms with Gasteiger partial charge in [-0.05, 0) is 56.7 Å². The summed E-state index contributed by atoms with van der Waals surface area (Å²) in [7, 11) is -3.12. The summed E-state index contributed by atoms with van der Waals surface area (Å²) >= 11 is 0. The van der Waals surface area contributed by atoms with Crippen molar-refractivity contribution in [1.82, 2.24) is 20.0 Å². The molecule has 0 amide bonds. The van der Waals surface area contributed by atoms with E-state index >= 15 is 0 Å². The number of nitrogens with zero attached hydrogens (tertiary/aromatic N) is 5. The van der Waals surface area contributed by atoms with Gasteiger partial charge in [-0.15, -0.1) is 5.06 Å². The third-order valence-electron chi connectivity index (χ3n) is 6.79. The molecule has 1 aliphatic rings. The molecule has 43 heavy (non-hydrogen) atoms. The van der Waals surface area contributed by atoms with E-state index in [0.29, 0.717) is 54.7 Å². The predicted molar refractivity (Wildman–Crippen MR) is 156 cm³/mol. The van der Waals surface area contributed by atoms with Gasteiger partial charge in [0.05, 0.1) is 36.8 Å². The molecule has 5 rings (SSSR count). The smallest absolute Gasteiger partial charge is 0.330 e. The number of nitrogens with one attached hydrogen (secondary N) is 1. The lowest BCUT2D eigenvalue weighted by Gasteiger charge is -2.35. The molecule has 0 unspecified atom stereocenters. The van der Waals surface area contributed by atoms with Crippen LogP contribution in [0.5, 0.6) is 5.88 Å². The number of hydrogen-bond acceptors (Lipinski definition) is 10. The molecule has 2 aromatic carbocycles. The fourth-order valence-corrected chi connectivity index (χ4v) is 5.64. The number of anilines is 2. The number of hydrogen-bond donors (Lipinski definition) is 1. The topological polar surface area (TPSA) is 127 Å². The van der Waals surface area contributed by atoms with Crippen molar-refractivity contribution in [1.29, 1.82) is 0 Å². The van der Waals surface area contributed by atoms with Gasteiger partial charge in [-0.2, -0.15) is 0 Å². The maximum Gasteiger partial charge on any atom is 0.330 e. The molecule has 14 heteroatoms. The van der Waals surface area contributed by atoms with E-state index in [1.807, 2.05) is 6.07 Å². The van der Waals surface area contributed by atoms with Gasteiger partial charge in [0.2, 0.25) is 5.88 Å². The van der Waals surface area contributed by atoms with Crippen molar-refractivity contribution < 1.29 is 31.6 Å². The molecule has 1 fully saturated rings. The molecule has 0 atom stereocenters. The van der Waals surface area contributed by atoms with Crippen LogP contribution in [-0.2, 0) is 19.7 Å². The van der Waals surface area contributed by atoms with Gasteiger partial charge in [0.25, 0.3) is 10.0 Å². The number of carbonyl (C=O) groups excluding carboxylic acids is 1. The first-order valence-corrected chi connectivity index (χ1v) is 14.8. The monoisotopic (exact) mass is 612 g/mol. The minimum atomic E-state index is -4.39. The lowest BCUT2D eigenvalue weighted by molar-refractivity contribution is -0.201. The molecule has 2 aromatic heterocycles. The summed E-state index contributed by atoms with van der Waals surface area (Å²) < 4.78 is 61.4. The minimum Gasteiger partial charge on any atom is -0.480 e. The molecule has 0 saturated carbocycles. The average Bonchev–Trinajstić information content (AvgIpc) is 2.97. The summed E-state index contributed by atoms with van der Waals surface area (Å²) in [6.45, 7) is 7.46. The summed E-state index contributed by atoms with van der Waals surface area (Å²) in [4.78, 5) is 32.6. The summed E-state index contributed by atoms with van der Waals surface area (Å²) in [5, 5.41) is 2.38. The van der Waals surface area contributed by atoms with Gasteiger partial charge in [-0.25, -0.2) is 36.9 Å². The summed E-state index contributed by atoms with van der Waals surface area (Å²) in [5.41, 5.74) is 0.712. The van der Waals surface area contributed by atoms with Crippen LogP contribution in [0.3, 0.4) is 0 Å². The SMILES string of the molecule is COc1ncc(-c2ccc3ncnc(N4CCN(OC(=O)C(C)(C)C)CC4)c3c2)cc1S(=O)(=O)Nc1ccc(F)cc1F. The summed E-state index contributed by atoms with van der Waals surface area (Å²) in [5.74, 6) is -1.73. The van der Waals surface area contributed by atoms with Gasteiger partial charge in [0.1, 0.15) is 28.7 Å². The molecule has 4 aromatic rings. The number of piperazine rings is 1. The number of aromatic nitrogens is 3. The first-order valence-electron chi connectivity index (χ1n) is 13.3. The second-order valence-corrected chi connectivity index (χ2v) is 12.6. The Morgan fingerprint density at radius 1 is 0.953 bits per heavy atom. The van der Waals surface area contributed by atoms with E-state index in [1.54, 1.807) is 38.0 Å². The Labute approximate surface area is 247 Å². The lowest BCUT2D eigenvalue weighted by atomic mass is 9.98. The molecule has 0 spiro atoms. The van der Waals surface area contributed by atoms with Crippen molar-refractivity contribution in [3.63, 3.8) is 0 Å². The highest BCUT2D eigenvalue weighted by atomic mass is 32.2. The van der Waals surface area contributed by atoms with Gasteiger partial charge in [0, 0.05) is 36.3 Å². The number of halogens is 2. The van der Waals surface area contributed by atoms with E-state index in [0.717, 1.165) is 17.5 Å². The Balaban J connectivity index is 1.44. The van der Waals surface area contributed by atoms with Crippen LogP contribution in [0.15, 0.2) is 59.9 Å². The number of carbonyl (C=O) groups is 1. The zero-order chi connectivity index (χ0) is 30.9. The maximum absolute atomic E-state index is 14.2. The average molecular weight is 613 g/mol.